The van der Waals surface area contributed by atoms with E-state index in [1.165, 1.54) is 0 Å². The van der Waals surface area contributed by atoms with Gasteiger partial charge in [-0.05, 0) is 118 Å². The van der Waals surface area contributed by atoms with Gasteiger partial charge in [-0.2, -0.15) is 0 Å². The molecule has 0 aromatic carbocycles. The quantitative estimate of drug-likeness (QED) is 0.0575. The highest BCUT2D eigenvalue weighted by molar-refractivity contribution is 5.19. The minimum absolute atomic E-state index is 0.0696. The Kier molecular flexibility index (Phi) is 18.4. The van der Waals surface area contributed by atoms with E-state index < -0.39 is 171 Å². The molecule has 4 aliphatic carbocycles. The van der Waals surface area contributed by atoms with Crippen molar-refractivity contribution in [3.05, 3.63) is 11.6 Å². The standard InChI is InChI=1S/C52H88O23/c1-21(2)9-8-12-52(7,75-47-42(67)38(63)36(61)31(72-47)20-69-45-40(65)33(58)28(57)19-68-45)24-11-14-51(6)32(24)26(55)16-25-22-15-27(56)44(49(3,4)23(22)10-13-50(25,51)5)74-48-43(39(64)35(60)30(18-54)71-48)73-46-41(66)37(62)34(59)29(17-53)70-46/h9,22-48,53-67H,8,10-20H2,1-7H3. The third kappa shape index (κ3) is 10.8. The Labute approximate surface area is 437 Å². The SMILES string of the molecule is CC(C)=CCCC(C)(OC1OC(COC2OCC(O)C(O)C2O)C(O)C(O)C1O)C1CCC2(C)C1C(O)CC1C3CC(O)C(OC4OC(CO)C(O)C(O)C4OC4OC(CO)C(O)C(O)C4O)C(C)(C)C3CCC12C. The minimum Gasteiger partial charge on any atom is -0.394 e. The van der Waals surface area contributed by atoms with Crippen LogP contribution in [0, 0.1) is 45.8 Å². The van der Waals surface area contributed by atoms with Crippen molar-refractivity contribution in [1.82, 2.24) is 0 Å². The Morgan fingerprint density at radius 3 is 1.80 bits per heavy atom. The molecule has 15 N–H and O–H groups in total. The van der Waals surface area contributed by atoms with Gasteiger partial charge in [0.15, 0.2) is 25.2 Å². The van der Waals surface area contributed by atoms with Crippen LogP contribution in [0.2, 0.25) is 0 Å². The Bertz CT molecular complexity index is 1930. The van der Waals surface area contributed by atoms with Crippen LogP contribution in [0.3, 0.4) is 0 Å². The van der Waals surface area contributed by atoms with E-state index in [1.54, 1.807) is 0 Å². The third-order valence-corrected chi connectivity index (χ3v) is 19.9. The molecular weight excluding hydrogens is 993 g/mol. The summed E-state index contributed by atoms with van der Waals surface area (Å²) in [4.78, 5) is 0. The van der Waals surface area contributed by atoms with Gasteiger partial charge in [0.25, 0.3) is 0 Å². The molecule has 30 unspecified atom stereocenters. The molecule has 0 bridgehead atoms. The predicted octanol–water partition coefficient (Wildman–Crippen LogP) is -2.98. The molecule has 75 heavy (non-hydrogen) atoms. The lowest BCUT2D eigenvalue weighted by atomic mass is 9.38. The van der Waals surface area contributed by atoms with Crippen LogP contribution in [0.5, 0.6) is 0 Å². The van der Waals surface area contributed by atoms with Gasteiger partial charge in [-0.15, -0.1) is 0 Å². The van der Waals surface area contributed by atoms with E-state index in [-0.39, 0.29) is 48.0 Å². The van der Waals surface area contributed by atoms with Crippen LogP contribution in [-0.4, -0.2) is 244 Å². The van der Waals surface area contributed by atoms with E-state index in [1.807, 2.05) is 34.6 Å². The topological polar surface area (TPSA) is 377 Å². The van der Waals surface area contributed by atoms with Gasteiger partial charge in [0.2, 0.25) is 0 Å². The molecular formula is C52H88O23. The van der Waals surface area contributed by atoms with Gasteiger partial charge in [-0.25, -0.2) is 0 Å². The molecule has 0 spiro atoms. The van der Waals surface area contributed by atoms with Gasteiger partial charge >= 0.3 is 0 Å². The molecule has 30 atom stereocenters. The number of hydrogen-bond acceptors (Lipinski definition) is 23. The van der Waals surface area contributed by atoms with E-state index in [9.17, 15) is 76.6 Å². The fraction of sp³-hybridized carbons (Fsp3) is 0.962. The van der Waals surface area contributed by atoms with Crippen molar-refractivity contribution in [1.29, 1.82) is 0 Å². The number of aliphatic hydroxyl groups is 15. The van der Waals surface area contributed by atoms with Gasteiger partial charge in [0.05, 0.1) is 50.3 Å². The first kappa shape index (κ1) is 59.9. The van der Waals surface area contributed by atoms with Crippen molar-refractivity contribution >= 4 is 0 Å². The summed E-state index contributed by atoms with van der Waals surface area (Å²) < 4.78 is 48.3. The molecule has 8 aliphatic rings. The van der Waals surface area contributed by atoms with Crippen LogP contribution in [-0.2, 0) is 37.9 Å². The lowest BCUT2D eigenvalue weighted by Crippen LogP contribution is -2.67. The molecule has 8 rings (SSSR count). The smallest absolute Gasteiger partial charge is 0.187 e. The van der Waals surface area contributed by atoms with E-state index in [0.717, 1.165) is 12.0 Å². The molecule has 23 heteroatoms. The molecule has 0 aromatic rings. The Hall–Kier alpha value is -1.18. The van der Waals surface area contributed by atoms with Crippen LogP contribution >= 0.6 is 0 Å². The summed E-state index contributed by atoms with van der Waals surface area (Å²) in [6.07, 6.45) is -26.5. The van der Waals surface area contributed by atoms with Gasteiger partial charge in [-0.3, -0.25) is 0 Å². The zero-order valence-electron chi connectivity index (χ0n) is 44.1. The van der Waals surface area contributed by atoms with Gasteiger partial charge in [-0.1, -0.05) is 39.3 Å². The minimum atomic E-state index is -1.86. The first-order valence-electron chi connectivity index (χ1n) is 27.0. The molecule has 0 amide bonds. The van der Waals surface area contributed by atoms with Crippen molar-refractivity contribution in [2.45, 2.75) is 240 Å². The molecule has 8 fully saturated rings. The maximum absolute atomic E-state index is 12.7. The summed E-state index contributed by atoms with van der Waals surface area (Å²) in [7, 11) is 0. The van der Waals surface area contributed by atoms with Crippen molar-refractivity contribution in [2.75, 3.05) is 26.4 Å². The first-order valence-corrected chi connectivity index (χ1v) is 27.0. The van der Waals surface area contributed by atoms with E-state index in [0.29, 0.717) is 38.5 Å². The van der Waals surface area contributed by atoms with Gasteiger partial charge < -0.3 is 114 Å². The third-order valence-electron chi connectivity index (χ3n) is 19.9. The molecule has 434 valence electrons. The number of ether oxygens (including phenoxy) is 8. The van der Waals surface area contributed by atoms with Crippen LogP contribution in [0.25, 0.3) is 0 Å². The van der Waals surface area contributed by atoms with E-state index in [4.69, 9.17) is 37.9 Å². The maximum Gasteiger partial charge on any atom is 0.187 e. The van der Waals surface area contributed by atoms with Crippen LogP contribution in [0.1, 0.15) is 99.8 Å². The molecule has 4 saturated carbocycles. The average Bonchev–Trinajstić information content (AvgIpc) is 3.75. The summed E-state index contributed by atoms with van der Waals surface area (Å²) >= 11 is 0. The van der Waals surface area contributed by atoms with Crippen LogP contribution in [0.4, 0.5) is 0 Å². The van der Waals surface area contributed by atoms with Crippen molar-refractivity contribution in [3.63, 3.8) is 0 Å². The summed E-state index contributed by atoms with van der Waals surface area (Å²) in [5.41, 5.74) is -1.62. The molecule has 0 radical (unpaired) electrons. The Morgan fingerprint density at radius 2 is 1.16 bits per heavy atom. The maximum atomic E-state index is 12.7. The van der Waals surface area contributed by atoms with Crippen molar-refractivity contribution in [2.24, 2.45) is 45.8 Å². The van der Waals surface area contributed by atoms with E-state index in [2.05, 4.69) is 19.9 Å². The summed E-state index contributed by atoms with van der Waals surface area (Å²) in [6.45, 7) is 12.2. The second-order valence-electron chi connectivity index (χ2n) is 24.8. The number of fused-ring (bicyclic) bond motifs is 5. The van der Waals surface area contributed by atoms with Crippen LogP contribution in [0.15, 0.2) is 11.6 Å². The lowest BCUT2D eigenvalue weighted by Gasteiger charge is -2.67. The summed E-state index contributed by atoms with van der Waals surface area (Å²) in [5, 5.41) is 163. The highest BCUT2D eigenvalue weighted by Gasteiger charge is 2.70. The zero-order valence-corrected chi connectivity index (χ0v) is 44.1. The molecule has 0 aromatic heterocycles. The molecule has 4 heterocycles. The predicted molar refractivity (Wildman–Crippen MR) is 257 cm³/mol. The van der Waals surface area contributed by atoms with Crippen molar-refractivity contribution in [3.8, 4) is 0 Å². The average molecular weight is 1080 g/mol. The van der Waals surface area contributed by atoms with Gasteiger partial charge in [0, 0.05) is 0 Å². The number of hydrogen-bond donors (Lipinski definition) is 15. The number of allylic oxidation sites excluding steroid dienone is 2. The summed E-state index contributed by atoms with van der Waals surface area (Å²) in [5.74, 6) is -0.838. The summed E-state index contributed by atoms with van der Waals surface area (Å²) in [6, 6.07) is 0. The molecule has 4 aliphatic heterocycles. The Balaban J connectivity index is 1.01. The highest BCUT2D eigenvalue weighted by atomic mass is 16.8. The van der Waals surface area contributed by atoms with E-state index >= 15 is 0 Å². The molecule has 4 saturated heterocycles. The zero-order chi connectivity index (χ0) is 55.0. The highest BCUT2D eigenvalue weighted by Crippen LogP contribution is 2.73. The normalized spacial score (nSPS) is 52.7. The second kappa shape index (κ2) is 23.0. The fourth-order valence-corrected chi connectivity index (χ4v) is 15.4. The first-order chi connectivity index (χ1) is 35.1. The number of aliphatic hydroxyl groups excluding tert-OH is 15. The van der Waals surface area contributed by atoms with Crippen LogP contribution < -0.4 is 0 Å². The fourth-order valence-electron chi connectivity index (χ4n) is 15.4. The number of rotatable bonds is 15. The van der Waals surface area contributed by atoms with Crippen molar-refractivity contribution < 1.29 is 114 Å². The monoisotopic (exact) mass is 1080 g/mol. The second-order valence-corrected chi connectivity index (χ2v) is 24.8. The largest absolute Gasteiger partial charge is 0.394 e. The molecule has 23 nitrogen and oxygen atoms in total. The lowest BCUT2D eigenvalue weighted by molar-refractivity contribution is -0.381. The Morgan fingerprint density at radius 1 is 0.587 bits per heavy atom. The van der Waals surface area contributed by atoms with Gasteiger partial charge in [0.1, 0.15) is 91.6 Å².